The van der Waals surface area contributed by atoms with Crippen LogP contribution < -0.4 is 15.4 Å². The van der Waals surface area contributed by atoms with Crippen LogP contribution in [0.1, 0.15) is 0 Å². The Hall–Kier alpha value is -1.97. The van der Waals surface area contributed by atoms with E-state index in [9.17, 15) is 18.0 Å². The standard InChI is InChI=1S/C15H12F3IN2O2/c16-15(17,18)23-13-8-4-3-7-12(13)20-9-14(22)21-11-6-2-1-5-10(11)19/h1-8,20H,9H2,(H,21,22). The molecule has 2 N–H and O–H groups in total. The second-order valence-electron chi connectivity index (χ2n) is 4.43. The van der Waals surface area contributed by atoms with E-state index in [2.05, 4.69) is 38.0 Å². The Morgan fingerprint density at radius 2 is 1.65 bits per heavy atom. The molecule has 122 valence electrons. The molecule has 0 radical (unpaired) electrons. The third-order valence-corrected chi connectivity index (χ3v) is 3.64. The highest BCUT2D eigenvalue weighted by atomic mass is 127. The fraction of sp³-hybridized carbons (Fsp3) is 0.133. The molecule has 0 bridgehead atoms. The molecule has 0 aliphatic rings. The fourth-order valence-corrected chi connectivity index (χ4v) is 2.28. The van der Waals surface area contributed by atoms with Gasteiger partial charge in [0.2, 0.25) is 5.91 Å². The molecular weight excluding hydrogens is 424 g/mol. The number of carbonyl (C=O) groups excluding carboxylic acids is 1. The third-order valence-electron chi connectivity index (χ3n) is 2.70. The van der Waals surface area contributed by atoms with Gasteiger partial charge in [0.15, 0.2) is 5.75 Å². The van der Waals surface area contributed by atoms with Crippen LogP contribution >= 0.6 is 22.6 Å². The number of para-hydroxylation sites is 3. The summed E-state index contributed by atoms with van der Waals surface area (Å²) in [6.07, 6.45) is -4.79. The third kappa shape index (κ3) is 5.62. The average molecular weight is 436 g/mol. The van der Waals surface area contributed by atoms with Crippen LogP contribution in [-0.4, -0.2) is 18.8 Å². The molecule has 0 unspecified atom stereocenters. The minimum Gasteiger partial charge on any atom is -0.404 e. The van der Waals surface area contributed by atoms with Gasteiger partial charge < -0.3 is 15.4 Å². The summed E-state index contributed by atoms with van der Waals surface area (Å²) < 4.78 is 41.7. The zero-order valence-corrected chi connectivity index (χ0v) is 13.8. The molecule has 2 aromatic carbocycles. The first-order valence-electron chi connectivity index (χ1n) is 6.48. The number of amides is 1. The molecule has 0 atom stereocenters. The summed E-state index contributed by atoms with van der Waals surface area (Å²) in [5.74, 6) is -0.766. The number of carbonyl (C=O) groups is 1. The van der Waals surface area contributed by atoms with E-state index in [0.29, 0.717) is 5.69 Å². The van der Waals surface area contributed by atoms with E-state index in [4.69, 9.17) is 0 Å². The minimum absolute atomic E-state index is 0.0859. The van der Waals surface area contributed by atoms with E-state index in [-0.39, 0.29) is 23.9 Å². The molecule has 1 amide bonds. The first-order valence-corrected chi connectivity index (χ1v) is 7.56. The van der Waals surface area contributed by atoms with E-state index in [1.54, 1.807) is 18.2 Å². The van der Waals surface area contributed by atoms with Gasteiger partial charge in [-0.3, -0.25) is 4.79 Å². The topological polar surface area (TPSA) is 50.4 Å². The zero-order valence-electron chi connectivity index (χ0n) is 11.7. The van der Waals surface area contributed by atoms with E-state index >= 15 is 0 Å². The van der Waals surface area contributed by atoms with Crippen LogP contribution in [-0.2, 0) is 4.79 Å². The first kappa shape index (κ1) is 17.4. The van der Waals surface area contributed by atoms with Crippen molar-refractivity contribution < 1.29 is 22.7 Å². The molecule has 0 saturated carbocycles. The lowest BCUT2D eigenvalue weighted by Crippen LogP contribution is -2.23. The van der Waals surface area contributed by atoms with Gasteiger partial charge in [0.25, 0.3) is 0 Å². The quantitative estimate of drug-likeness (QED) is 0.690. The van der Waals surface area contributed by atoms with E-state index in [0.717, 1.165) is 3.57 Å². The molecule has 0 aromatic heterocycles. The number of halogens is 4. The van der Waals surface area contributed by atoms with Crippen LogP contribution in [0.4, 0.5) is 24.5 Å². The maximum Gasteiger partial charge on any atom is 0.573 e. The summed E-state index contributed by atoms with van der Waals surface area (Å²) >= 11 is 2.07. The highest BCUT2D eigenvalue weighted by Gasteiger charge is 2.32. The summed E-state index contributed by atoms with van der Waals surface area (Å²) in [7, 11) is 0. The van der Waals surface area contributed by atoms with Gasteiger partial charge >= 0.3 is 6.36 Å². The predicted molar refractivity (Wildman–Crippen MR) is 89.4 cm³/mol. The van der Waals surface area contributed by atoms with Crippen molar-refractivity contribution in [3.8, 4) is 5.75 Å². The van der Waals surface area contributed by atoms with Crippen LogP contribution in [0.25, 0.3) is 0 Å². The lowest BCUT2D eigenvalue weighted by atomic mass is 10.3. The second kappa shape index (κ2) is 7.53. The number of alkyl halides is 3. The van der Waals surface area contributed by atoms with Gasteiger partial charge in [-0.05, 0) is 46.9 Å². The van der Waals surface area contributed by atoms with Gasteiger partial charge in [-0.1, -0.05) is 24.3 Å². The molecule has 4 nitrogen and oxygen atoms in total. The molecule has 0 heterocycles. The van der Waals surface area contributed by atoms with E-state index in [1.165, 1.54) is 18.2 Å². The average Bonchev–Trinajstić information content (AvgIpc) is 2.47. The smallest absolute Gasteiger partial charge is 0.404 e. The fourth-order valence-electron chi connectivity index (χ4n) is 1.76. The molecule has 2 aromatic rings. The van der Waals surface area contributed by atoms with Crippen LogP contribution in [0, 0.1) is 3.57 Å². The summed E-state index contributed by atoms with van der Waals surface area (Å²) in [5.41, 5.74) is 0.725. The zero-order chi connectivity index (χ0) is 16.9. The number of benzene rings is 2. The monoisotopic (exact) mass is 436 g/mol. The van der Waals surface area contributed by atoms with Gasteiger partial charge in [-0.25, -0.2) is 0 Å². The Labute approximate surface area is 144 Å². The number of ether oxygens (including phenoxy) is 1. The number of hydrogen-bond acceptors (Lipinski definition) is 3. The van der Waals surface area contributed by atoms with E-state index < -0.39 is 6.36 Å². The predicted octanol–water partition coefficient (Wildman–Crippen LogP) is 4.24. The number of rotatable bonds is 5. The Balaban J connectivity index is 1.98. The summed E-state index contributed by atoms with van der Waals surface area (Å²) in [6.45, 7) is -0.191. The van der Waals surface area contributed by atoms with Crippen molar-refractivity contribution >= 4 is 39.9 Å². The highest BCUT2D eigenvalue weighted by molar-refractivity contribution is 14.1. The first-order chi connectivity index (χ1) is 10.8. The Morgan fingerprint density at radius 3 is 2.30 bits per heavy atom. The van der Waals surface area contributed by atoms with Gasteiger partial charge in [-0.2, -0.15) is 0 Å². The molecule has 2 rings (SSSR count). The molecule has 0 fully saturated rings. The SMILES string of the molecule is O=C(CNc1ccccc1OC(F)(F)F)Nc1ccccc1I. The van der Waals surface area contributed by atoms with Crippen LogP contribution in [0.15, 0.2) is 48.5 Å². The maximum atomic E-state index is 12.3. The molecule has 0 saturated heterocycles. The molecule has 23 heavy (non-hydrogen) atoms. The Morgan fingerprint density at radius 1 is 1.04 bits per heavy atom. The van der Waals surface area contributed by atoms with Gasteiger partial charge in [0.05, 0.1) is 17.9 Å². The second-order valence-corrected chi connectivity index (χ2v) is 5.59. The van der Waals surface area contributed by atoms with Crippen LogP contribution in [0.3, 0.4) is 0 Å². The molecule has 0 spiro atoms. The Bertz CT molecular complexity index is 692. The highest BCUT2D eigenvalue weighted by Crippen LogP contribution is 2.29. The van der Waals surface area contributed by atoms with Crippen LogP contribution in [0.5, 0.6) is 5.75 Å². The lowest BCUT2D eigenvalue weighted by molar-refractivity contribution is -0.274. The van der Waals surface area contributed by atoms with Crippen molar-refractivity contribution in [1.29, 1.82) is 0 Å². The van der Waals surface area contributed by atoms with Gasteiger partial charge in [0, 0.05) is 3.57 Å². The van der Waals surface area contributed by atoms with Crippen molar-refractivity contribution in [2.24, 2.45) is 0 Å². The van der Waals surface area contributed by atoms with Crippen molar-refractivity contribution in [3.05, 3.63) is 52.1 Å². The van der Waals surface area contributed by atoms with Crippen LogP contribution in [0.2, 0.25) is 0 Å². The minimum atomic E-state index is -4.79. The largest absolute Gasteiger partial charge is 0.573 e. The number of anilines is 2. The van der Waals surface area contributed by atoms with Crippen molar-refractivity contribution in [3.63, 3.8) is 0 Å². The van der Waals surface area contributed by atoms with Crippen molar-refractivity contribution in [1.82, 2.24) is 0 Å². The van der Waals surface area contributed by atoms with Gasteiger partial charge in [0.1, 0.15) is 0 Å². The molecule has 0 aliphatic carbocycles. The number of nitrogens with one attached hydrogen (secondary N) is 2. The number of hydrogen-bond donors (Lipinski definition) is 2. The summed E-state index contributed by atoms with van der Waals surface area (Å²) in [6, 6.07) is 12.7. The molecule has 0 aliphatic heterocycles. The van der Waals surface area contributed by atoms with Crippen molar-refractivity contribution in [2.75, 3.05) is 17.2 Å². The Kier molecular flexibility index (Phi) is 5.69. The van der Waals surface area contributed by atoms with Crippen molar-refractivity contribution in [2.45, 2.75) is 6.36 Å². The maximum absolute atomic E-state index is 12.3. The lowest BCUT2D eigenvalue weighted by Gasteiger charge is -2.14. The molecular formula is C15H12F3IN2O2. The molecule has 8 heteroatoms. The van der Waals surface area contributed by atoms with E-state index in [1.807, 2.05) is 12.1 Å². The van der Waals surface area contributed by atoms with Gasteiger partial charge in [-0.15, -0.1) is 13.2 Å². The summed E-state index contributed by atoms with van der Waals surface area (Å²) in [4.78, 5) is 11.9. The normalized spacial score (nSPS) is 11.0. The summed E-state index contributed by atoms with van der Waals surface area (Å²) in [5, 5.41) is 5.31.